The van der Waals surface area contributed by atoms with E-state index in [2.05, 4.69) is 115 Å². The molecule has 0 aromatic heterocycles. The summed E-state index contributed by atoms with van der Waals surface area (Å²) in [7, 11) is 8.75. The second-order valence-electron chi connectivity index (χ2n) is 7.32. The Bertz CT molecular complexity index is 694. The third-order valence-electron chi connectivity index (χ3n) is 4.61. The van der Waals surface area contributed by atoms with Crippen molar-refractivity contribution in [3.05, 3.63) is 71.9 Å². The van der Waals surface area contributed by atoms with Crippen LogP contribution in [0, 0.1) is 6.67 Å². The van der Waals surface area contributed by atoms with Gasteiger partial charge in [-0.3, -0.25) is 0 Å². The third-order valence-corrected chi connectivity index (χ3v) is 4.61. The molecule has 3 rings (SSSR count). The number of anilines is 1. The fraction of sp³-hybridized carbons (Fsp3) is 0.381. The fourth-order valence-electron chi connectivity index (χ4n) is 3.35. The zero-order valence-electron chi connectivity index (χ0n) is 16.3. The monoisotopic (exact) mass is 554 g/mol. The summed E-state index contributed by atoms with van der Waals surface area (Å²) >= 11 is 1.75. The predicted octanol–water partition coefficient (Wildman–Crippen LogP) is 5.68. The maximum absolute atomic E-state index is 4.58. The Kier molecular flexibility index (Phi) is 7.48. The molecule has 2 heterocycles. The van der Waals surface area contributed by atoms with Crippen molar-refractivity contribution in [1.82, 2.24) is 9.80 Å². The van der Waals surface area contributed by atoms with Gasteiger partial charge in [0.05, 0.1) is 5.82 Å². The first kappa shape index (κ1) is 21.2. The number of allylic oxidation sites excluding steroid dienone is 3. The number of nitrogens with zero attached hydrogens (tertiary/aromatic N) is 3. The van der Waals surface area contributed by atoms with Crippen molar-refractivity contribution in [2.24, 2.45) is 0 Å². The van der Waals surface area contributed by atoms with E-state index in [9.17, 15) is 0 Å². The first-order valence-electron chi connectivity index (χ1n) is 8.84. The predicted molar refractivity (Wildman–Crippen MR) is 108 cm³/mol. The van der Waals surface area contributed by atoms with Gasteiger partial charge in [0.15, 0.2) is 0 Å². The van der Waals surface area contributed by atoms with Crippen LogP contribution in [0.15, 0.2) is 54.1 Å². The average molecular weight is 555 g/mol. The van der Waals surface area contributed by atoms with Gasteiger partial charge in [0.25, 0.3) is 0 Å². The molecule has 0 amide bonds. The first-order chi connectivity index (χ1) is 12.4. The van der Waals surface area contributed by atoms with Gasteiger partial charge in [-0.2, -0.15) is 0 Å². The van der Waals surface area contributed by atoms with Crippen LogP contribution in [-0.2, 0) is 20.0 Å². The van der Waals surface area contributed by atoms with Crippen molar-refractivity contribution in [3.8, 4) is 0 Å². The van der Waals surface area contributed by atoms with Crippen LogP contribution >= 0.6 is 9.19 Å². The summed E-state index contributed by atoms with van der Waals surface area (Å²) in [6.07, 6.45) is 8.67. The zero-order chi connectivity index (χ0) is 19.4. The summed E-state index contributed by atoms with van der Waals surface area (Å²) < 4.78 is 0. The Labute approximate surface area is 174 Å². The van der Waals surface area contributed by atoms with Crippen LogP contribution in [0.3, 0.4) is 0 Å². The summed E-state index contributed by atoms with van der Waals surface area (Å²) in [5.74, 6) is 2.16. The van der Waals surface area contributed by atoms with Crippen molar-refractivity contribution in [1.29, 1.82) is 0 Å². The molecular formula is C21H28AuClN3-. The second kappa shape index (κ2) is 9.18. The number of rotatable bonds is 4. The quantitative estimate of drug-likeness (QED) is 0.351. The minimum atomic E-state index is 0.488. The normalized spacial score (nSPS) is 15.7. The number of hydrogen-bond donors (Lipinski definition) is 0. The summed E-state index contributed by atoms with van der Waals surface area (Å²) in [6.45, 7) is 11.3. The Morgan fingerprint density at radius 1 is 1.04 bits per heavy atom. The maximum atomic E-state index is 4.58. The van der Waals surface area contributed by atoms with E-state index >= 15 is 0 Å². The standard InChI is InChI=1S/C21H28N3.Au.ClH/c1-15(2)18-10-8-11-19(16(3)4)21(18)23-13-17-9-7-12-20(22(5)6)24(17)14-23;;/h7-16H,1-6H3;;1H/q-1;+1;/p-1. The van der Waals surface area contributed by atoms with Crippen LogP contribution in [0.25, 0.3) is 0 Å². The van der Waals surface area contributed by atoms with Gasteiger partial charge in [0.1, 0.15) is 0 Å². The van der Waals surface area contributed by atoms with Gasteiger partial charge in [0, 0.05) is 25.5 Å². The summed E-state index contributed by atoms with van der Waals surface area (Å²) in [5, 5.41) is 0. The molecular weight excluding hydrogens is 527 g/mol. The molecule has 5 heteroatoms. The number of benzene rings is 1. The van der Waals surface area contributed by atoms with E-state index in [0.29, 0.717) is 11.8 Å². The van der Waals surface area contributed by atoms with E-state index in [4.69, 9.17) is 0 Å². The molecule has 0 N–H and O–H groups in total. The van der Waals surface area contributed by atoms with Gasteiger partial charge in [-0.15, -0.1) is 6.67 Å². The van der Waals surface area contributed by atoms with Crippen molar-refractivity contribution in [3.63, 3.8) is 0 Å². The molecule has 3 nitrogen and oxygen atoms in total. The number of fused-ring (bicyclic) bond motifs is 1. The molecule has 146 valence electrons. The molecule has 0 aliphatic carbocycles. The first-order valence-corrected chi connectivity index (χ1v) is 11.5. The van der Waals surface area contributed by atoms with Crippen molar-refractivity contribution >= 4 is 14.9 Å². The Balaban J connectivity index is 0.00000117. The molecule has 0 spiro atoms. The topological polar surface area (TPSA) is 9.72 Å². The Morgan fingerprint density at radius 3 is 2.12 bits per heavy atom. The molecule has 0 atom stereocenters. The van der Waals surface area contributed by atoms with E-state index in [1.165, 1.54) is 28.3 Å². The van der Waals surface area contributed by atoms with Gasteiger partial charge in [-0.25, -0.2) is 0 Å². The van der Waals surface area contributed by atoms with E-state index in [0.717, 1.165) is 0 Å². The zero-order valence-corrected chi connectivity index (χ0v) is 19.2. The molecule has 0 fully saturated rings. The van der Waals surface area contributed by atoms with Crippen molar-refractivity contribution in [2.75, 3.05) is 19.0 Å². The van der Waals surface area contributed by atoms with Gasteiger partial charge >= 0.3 is 29.2 Å². The van der Waals surface area contributed by atoms with E-state index in [-0.39, 0.29) is 0 Å². The molecule has 1 aromatic carbocycles. The van der Waals surface area contributed by atoms with E-state index in [1.54, 1.807) is 20.0 Å². The molecule has 0 saturated carbocycles. The van der Waals surface area contributed by atoms with Gasteiger partial charge in [-0.05, 0) is 41.3 Å². The van der Waals surface area contributed by atoms with Crippen LogP contribution in [0.2, 0.25) is 0 Å². The van der Waals surface area contributed by atoms with Crippen LogP contribution in [0.1, 0.15) is 50.7 Å². The second-order valence-corrected chi connectivity index (χ2v) is 7.32. The third kappa shape index (κ3) is 4.23. The molecule has 0 unspecified atom stereocenters. The molecule has 2 aliphatic rings. The van der Waals surface area contributed by atoms with Crippen LogP contribution in [0.5, 0.6) is 0 Å². The van der Waals surface area contributed by atoms with Crippen LogP contribution < -0.4 is 4.90 Å². The van der Waals surface area contributed by atoms with E-state index < -0.39 is 0 Å². The number of para-hydroxylation sites is 1. The van der Waals surface area contributed by atoms with Gasteiger partial charge in [0.2, 0.25) is 0 Å². The molecule has 2 aliphatic heterocycles. The molecule has 1 aromatic rings. The number of hydrogen-bond acceptors (Lipinski definition) is 3. The van der Waals surface area contributed by atoms with Crippen molar-refractivity contribution in [2.45, 2.75) is 39.5 Å². The molecule has 0 saturated heterocycles. The van der Waals surface area contributed by atoms with E-state index in [1.807, 2.05) is 0 Å². The summed E-state index contributed by atoms with van der Waals surface area (Å²) in [4.78, 5) is 6.70. The Hall–Kier alpha value is -1.13. The summed E-state index contributed by atoms with van der Waals surface area (Å²) in [5.41, 5.74) is 5.33. The Morgan fingerprint density at radius 2 is 1.62 bits per heavy atom. The van der Waals surface area contributed by atoms with Crippen LogP contribution in [-0.4, -0.2) is 23.9 Å². The van der Waals surface area contributed by atoms with Crippen molar-refractivity contribution < 1.29 is 20.0 Å². The van der Waals surface area contributed by atoms with Gasteiger partial charge in [-0.1, -0.05) is 52.0 Å². The average Bonchev–Trinajstić information content (AvgIpc) is 3.06. The molecule has 26 heavy (non-hydrogen) atoms. The molecule has 0 bridgehead atoms. The minimum absolute atomic E-state index is 0.488. The fourth-order valence-corrected chi connectivity index (χ4v) is 3.35. The summed E-state index contributed by atoms with van der Waals surface area (Å²) in [6, 6.07) is 6.71. The van der Waals surface area contributed by atoms with Crippen LogP contribution in [0.4, 0.5) is 5.69 Å². The van der Waals surface area contributed by atoms with Gasteiger partial charge < -0.3 is 14.7 Å². The molecule has 0 radical (unpaired) electrons. The number of halogens is 1. The SMILES string of the molecule is CC(C)c1cccc(C(C)C)c1N1C=C2C=CC=C(N(C)C)N2[CH-]1.[Cl][Au].